The molecule has 156 valence electrons. The van der Waals surface area contributed by atoms with Crippen molar-refractivity contribution in [3.63, 3.8) is 0 Å². The maximum Gasteiger partial charge on any atom is 0.276 e. The van der Waals surface area contributed by atoms with Gasteiger partial charge in [0, 0.05) is 12.2 Å². The molecule has 1 aliphatic heterocycles. The van der Waals surface area contributed by atoms with E-state index in [2.05, 4.69) is 6.07 Å². The molecular formula is C24H21N3O2S2. The van der Waals surface area contributed by atoms with Crippen LogP contribution in [0.3, 0.4) is 0 Å². The molecule has 7 heteroatoms. The third kappa shape index (κ3) is 3.68. The summed E-state index contributed by atoms with van der Waals surface area (Å²) in [4.78, 5) is 33.0. The van der Waals surface area contributed by atoms with Crippen molar-refractivity contribution in [3.8, 4) is 5.69 Å². The smallest absolute Gasteiger partial charge is 0.276 e. The monoisotopic (exact) mass is 447 g/mol. The van der Waals surface area contributed by atoms with Crippen LogP contribution in [0.4, 0.5) is 5.69 Å². The summed E-state index contributed by atoms with van der Waals surface area (Å²) >= 11 is 2.72. The maximum absolute atomic E-state index is 13.3. The Morgan fingerprint density at radius 2 is 1.87 bits per heavy atom. The van der Waals surface area contributed by atoms with E-state index < -0.39 is 0 Å². The maximum atomic E-state index is 13.3. The highest BCUT2D eigenvalue weighted by molar-refractivity contribution is 7.99. The van der Waals surface area contributed by atoms with E-state index in [1.165, 1.54) is 28.7 Å². The molecule has 5 rings (SSSR count). The number of fused-ring (bicyclic) bond motifs is 2. The molecule has 1 aliphatic rings. The fourth-order valence-electron chi connectivity index (χ4n) is 4.01. The lowest BCUT2D eigenvalue weighted by molar-refractivity contribution is -0.116. The van der Waals surface area contributed by atoms with E-state index in [9.17, 15) is 9.59 Å². The third-order valence-corrected chi connectivity index (χ3v) is 7.36. The van der Waals surface area contributed by atoms with Gasteiger partial charge in [0.2, 0.25) is 5.91 Å². The first-order valence-electron chi connectivity index (χ1n) is 10.2. The number of nitrogens with zero attached hydrogens (tertiary/aromatic N) is 3. The summed E-state index contributed by atoms with van der Waals surface area (Å²) in [6, 6.07) is 17.7. The van der Waals surface area contributed by atoms with Gasteiger partial charge in [0.05, 0.1) is 17.0 Å². The number of carbonyl (C=O) groups is 1. The number of hydrogen-bond donors (Lipinski definition) is 0. The van der Waals surface area contributed by atoms with Crippen LogP contribution >= 0.6 is 23.1 Å². The summed E-state index contributed by atoms with van der Waals surface area (Å²) in [6.45, 7) is 2.70. The number of carbonyl (C=O) groups excluding carboxylic acids is 1. The van der Waals surface area contributed by atoms with Gasteiger partial charge >= 0.3 is 0 Å². The molecule has 0 aliphatic carbocycles. The second kappa shape index (κ2) is 8.32. The summed E-state index contributed by atoms with van der Waals surface area (Å²) in [7, 11) is 0. The molecule has 0 saturated carbocycles. The highest BCUT2D eigenvalue weighted by atomic mass is 32.2. The Kier molecular flexibility index (Phi) is 5.38. The Morgan fingerprint density at radius 1 is 1.10 bits per heavy atom. The average Bonchev–Trinajstić information content (AvgIpc) is 3.27. The van der Waals surface area contributed by atoms with Crippen molar-refractivity contribution < 1.29 is 4.79 Å². The minimum Gasteiger partial charge on any atom is -0.311 e. The van der Waals surface area contributed by atoms with Gasteiger partial charge in [-0.15, -0.1) is 11.3 Å². The van der Waals surface area contributed by atoms with E-state index in [1.54, 1.807) is 4.57 Å². The average molecular weight is 448 g/mol. The SMILES string of the molecule is Cc1ccccc1-n1c(SCC(=O)N2CCCc3ccccc32)nc2ccsc2c1=O. The van der Waals surface area contributed by atoms with Gasteiger partial charge in [0.1, 0.15) is 4.70 Å². The Morgan fingerprint density at radius 3 is 2.71 bits per heavy atom. The standard InChI is InChI=1S/C24H21N3O2S2/c1-16-7-2-4-10-19(16)27-23(29)22-18(12-14-30-22)25-24(27)31-15-21(28)26-13-6-9-17-8-3-5-11-20(17)26/h2-5,7-8,10-12,14H,6,9,13,15H2,1H3. The number of thioether (sulfide) groups is 1. The molecule has 31 heavy (non-hydrogen) atoms. The van der Waals surface area contributed by atoms with E-state index in [0.717, 1.165) is 36.3 Å². The highest BCUT2D eigenvalue weighted by Crippen LogP contribution is 2.29. The number of anilines is 1. The normalized spacial score (nSPS) is 13.4. The topological polar surface area (TPSA) is 55.2 Å². The summed E-state index contributed by atoms with van der Waals surface area (Å²) in [6.07, 6.45) is 1.96. The van der Waals surface area contributed by atoms with Crippen LogP contribution in [0.25, 0.3) is 15.9 Å². The number of hydrogen-bond acceptors (Lipinski definition) is 5. The molecule has 4 aromatic rings. The van der Waals surface area contributed by atoms with Crippen LogP contribution in [0, 0.1) is 6.92 Å². The molecule has 0 N–H and O–H groups in total. The summed E-state index contributed by atoms with van der Waals surface area (Å²) < 4.78 is 2.28. The molecule has 2 aromatic heterocycles. The van der Waals surface area contributed by atoms with Crippen molar-refractivity contribution in [2.45, 2.75) is 24.9 Å². The lowest BCUT2D eigenvalue weighted by Crippen LogP contribution is -2.36. The van der Waals surface area contributed by atoms with Gasteiger partial charge in [0.25, 0.3) is 5.56 Å². The Hall–Kier alpha value is -2.90. The Labute approximate surface area is 188 Å². The van der Waals surface area contributed by atoms with Crippen molar-refractivity contribution in [1.29, 1.82) is 0 Å². The first-order valence-corrected chi connectivity index (χ1v) is 12.1. The lowest BCUT2D eigenvalue weighted by atomic mass is 10.0. The van der Waals surface area contributed by atoms with E-state index >= 15 is 0 Å². The summed E-state index contributed by atoms with van der Waals surface area (Å²) in [5, 5.41) is 2.43. The van der Waals surface area contributed by atoms with Crippen molar-refractivity contribution in [1.82, 2.24) is 9.55 Å². The zero-order chi connectivity index (χ0) is 21.4. The van der Waals surface area contributed by atoms with Gasteiger partial charge in [-0.25, -0.2) is 4.98 Å². The van der Waals surface area contributed by atoms with Crippen molar-refractivity contribution in [3.05, 3.63) is 81.5 Å². The van der Waals surface area contributed by atoms with Crippen molar-refractivity contribution in [2.24, 2.45) is 0 Å². The molecule has 1 amide bonds. The first kappa shape index (κ1) is 20.0. The van der Waals surface area contributed by atoms with Crippen molar-refractivity contribution >= 4 is 44.9 Å². The summed E-state index contributed by atoms with van der Waals surface area (Å²) in [5.41, 5.74) is 4.58. The predicted molar refractivity (Wildman–Crippen MR) is 128 cm³/mol. The van der Waals surface area contributed by atoms with Crippen LogP contribution in [0.1, 0.15) is 17.5 Å². The molecule has 0 bridgehead atoms. The Bertz CT molecular complexity index is 1340. The second-order valence-electron chi connectivity index (χ2n) is 7.52. The van der Waals surface area contributed by atoms with Gasteiger partial charge < -0.3 is 4.90 Å². The van der Waals surface area contributed by atoms with E-state index in [0.29, 0.717) is 15.4 Å². The Balaban J connectivity index is 1.50. The molecule has 3 heterocycles. The van der Waals surface area contributed by atoms with Gasteiger partial charge in [0.15, 0.2) is 5.16 Å². The number of aromatic nitrogens is 2. The number of rotatable bonds is 4. The molecule has 0 unspecified atom stereocenters. The number of aryl methyl sites for hydroxylation is 2. The minimum absolute atomic E-state index is 0.0353. The zero-order valence-electron chi connectivity index (χ0n) is 17.1. The fraction of sp³-hybridized carbons (Fsp3) is 0.208. The zero-order valence-corrected chi connectivity index (χ0v) is 18.7. The number of amides is 1. The quantitative estimate of drug-likeness (QED) is 0.332. The molecule has 0 fully saturated rings. The lowest BCUT2D eigenvalue weighted by Gasteiger charge is -2.29. The fourth-order valence-corrected chi connectivity index (χ4v) is 5.65. The van der Waals surface area contributed by atoms with Crippen LogP contribution in [0.15, 0.2) is 69.9 Å². The molecule has 0 radical (unpaired) electrons. The van der Waals surface area contributed by atoms with Crippen molar-refractivity contribution in [2.75, 3.05) is 17.2 Å². The molecule has 2 aromatic carbocycles. The van der Waals surface area contributed by atoms with Crippen LogP contribution in [-0.4, -0.2) is 27.8 Å². The summed E-state index contributed by atoms with van der Waals surface area (Å²) in [5.74, 6) is 0.260. The van der Waals surface area contributed by atoms with Gasteiger partial charge in [-0.3, -0.25) is 14.2 Å². The molecular weight excluding hydrogens is 426 g/mol. The largest absolute Gasteiger partial charge is 0.311 e. The van der Waals surface area contributed by atoms with Crippen LogP contribution in [0.2, 0.25) is 0 Å². The van der Waals surface area contributed by atoms with Crippen LogP contribution < -0.4 is 10.5 Å². The molecule has 0 saturated heterocycles. The predicted octanol–water partition coefficient (Wildman–Crippen LogP) is 4.83. The van der Waals surface area contributed by atoms with Gasteiger partial charge in [-0.1, -0.05) is 48.2 Å². The highest BCUT2D eigenvalue weighted by Gasteiger charge is 2.23. The van der Waals surface area contributed by atoms with E-state index in [1.807, 2.05) is 65.7 Å². The van der Waals surface area contributed by atoms with Gasteiger partial charge in [-0.2, -0.15) is 0 Å². The third-order valence-electron chi connectivity index (χ3n) is 5.54. The van der Waals surface area contributed by atoms with Crippen LogP contribution in [0.5, 0.6) is 0 Å². The number of thiophene rings is 1. The second-order valence-corrected chi connectivity index (χ2v) is 9.38. The number of para-hydroxylation sites is 2. The molecule has 5 nitrogen and oxygen atoms in total. The minimum atomic E-state index is -0.0902. The van der Waals surface area contributed by atoms with E-state index in [-0.39, 0.29) is 17.2 Å². The molecule has 0 atom stereocenters. The first-order chi connectivity index (χ1) is 15.1. The number of benzene rings is 2. The molecule has 0 spiro atoms. The van der Waals surface area contributed by atoms with Gasteiger partial charge in [-0.05, 0) is 54.5 Å². The van der Waals surface area contributed by atoms with E-state index in [4.69, 9.17) is 4.98 Å². The van der Waals surface area contributed by atoms with Crippen LogP contribution in [-0.2, 0) is 11.2 Å².